The molecule has 434 valence electrons. The van der Waals surface area contributed by atoms with Crippen molar-refractivity contribution in [2.24, 2.45) is 0 Å². The van der Waals surface area contributed by atoms with Gasteiger partial charge in [-0.1, -0.05) is 296 Å². The topological polar surface area (TPSA) is 192 Å². The molecule has 0 radical (unpaired) electrons. The van der Waals surface area contributed by atoms with E-state index in [1.165, 1.54) is 244 Å². The molecule has 1 amide bonds. The minimum Gasteiger partial charge on any atom is -0.394 e. The Labute approximate surface area is 449 Å². The summed E-state index contributed by atoms with van der Waals surface area (Å²) in [4.78, 5) is 13.1. The summed E-state index contributed by atoms with van der Waals surface area (Å²) in [5.41, 5.74) is 0. The number of amides is 1. The fraction of sp³-hybridized carbons (Fsp3) is 0.950. The number of aliphatic hydroxyl groups is 4. The molecule has 0 aromatic carbocycles. The normalized spacial score (nSPS) is 19.2. The summed E-state index contributed by atoms with van der Waals surface area (Å²) >= 11 is 0. The van der Waals surface area contributed by atoms with Crippen molar-refractivity contribution >= 4 is 16.3 Å². The fourth-order valence-corrected chi connectivity index (χ4v) is 10.8. The Morgan fingerprint density at radius 1 is 0.534 bits per heavy atom. The van der Waals surface area contributed by atoms with E-state index < -0.39 is 59.9 Å². The molecule has 7 atom stereocenters. The number of aliphatic hydroxyl groups excluding tert-OH is 4. The number of hydrogen-bond donors (Lipinski definition) is 6. The van der Waals surface area contributed by atoms with Gasteiger partial charge in [0.1, 0.15) is 24.4 Å². The zero-order chi connectivity index (χ0) is 53.3. The van der Waals surface area contributed by atoms with Gasteiger partial charge in [-0.05, 0) is 19.3 Å². The van der Waals surface area contributed by atoms with Crippen LogP contribution in [-0.4, -0.2) is 95.4 Å². The Morgan fingerprint density at radius 3 is 1.19 bits per heavy atom. The summed E-state index contributed by atoms with van der Waals surface area (Å²) in [6, 6.07) is -0.939. The second kappa shape index (κ2) is 50.4. The van der Waals surface area contributed by atoms with E-state index in [4.69, 9.17) is 9.47 Å². The highest BCUT2D eigenvalue weighted by atomic mass is 32.3. The van der Waals surface area contributed by atoms with Crippen molar-refractivity contribution in [2.75, 3.05) is 13.2 Å². The number of rotatable bonds is 55. The van der Waals surface area contributed by atoms with E-state index >= 15 is 0 Å². The van der Waals surface area contributed by atoms with Crippen molar-refractivity contribution in [2.45, 2.75) is 352 Å². The number of carbonyl (C=O) groups excluding carboxylic acids is 1. The van der Waals surface area contributed by atoms with Crippen LogP contribution in [0.5, 0.6) is 0 Å². The fourth-order valence-electron chi connectivity index (χ4n) is 10.3. The summed E-state index contributed by atoms with van der Waals surface area (Å²) < 4.78 is 47.8. The largest absolute Gasteiger partial charge is 0.397 e. The first kappa shape index (κ1) is 69.9. The van der Waals surface area contributed by atoms with Crippen LogP contribution in [0.3, 0.4) is 0 Å². The molecule has 6 N–H and O–H groups in total. The number of hydrogen-bond acceptors (Lipinski definition) is 10. The van der Waals surface area contributed by atoms with Crippen LogP contribution in [0.15, 0.2) is 12.2 Å². The summed E-state index contributed by atoms with van der Waals surface area (Å²) in [6.07, 6.45) is 52.9. The molecule has 1 fully saturated rings. The van der Waals surface area contributed by atoms with Crippen molar-refractivity contribution < 1.29 is 51.8 Å². The third-order valence-electron chi connectivity index (χ3n) is 15.1. The van der Waals surface area contributed by atoms with E-state index in [9.17, 15) is 38.2 Å². The lowest BCUT2D eigenvalue weighted by molar-refractivity contribution is -0.298. The summed E-state index contributed by atoms with van der Waals surface area (Å²) in [5.74, 6) is -0.256. The first-order chi connectivity index (χ1) is 35.5. The summed E-state index contributed by atoms with van der Waals surface area (Å²) in [6.45, 7) is 3.43. The maximum atomic E-state index is 13.1. The van der Waals surface area contributed by atoms with Gasteiger partial charge in [-0.2, -0.15) is 8.42 Å². The van der Waals surface area contributed by atoms with E-state index in [-0.39, 0.29) is 18.9 Å². The van der Waals surface area contributed by atoms with Crippen molar-refractivity contribution in [3.63, 3.8) is 0 Å². The zero-order valence-corrected chi connectivity index (χ0v) is 48.0. The molecule has 1 aliphatic heterocycles. The molecule has 1 saturated heterocycles. The predicted octanol–water partition coefficient (Wildman–Crippen LogP) is 15.0. The molecule has 1 rings (SSSR count). The maximum Gasteiger partial charge on any atom is 0.397 e. The average Bonchev–Trinajstić information content (AvgIpc) is 3.37. The number of unbranched alkanes of at least 4 members (excludes halogenated alkanes) is 43. The maximum absolute atomic E-state index is 13.1. The van der Waals surface area contributed by atoms with Gasteiger partial charge in [0, 0.05) is 6.42 Å². The van der Waals surface area contributed by atoms with Gasteiger partial charge in [0.15, 0.2) is 6.29 Å². The van der Waals surface area contributed by atoms with E-state index in [0.717, 1.165) is 38.5 Å². The van der Waals surface area contributed by atoms with Gasteiger partial charge in [0.2, 0.25) is 5.91 Å². The lowest BCUT2D eigenvalue weighted by Crippen LogP contribution is -2.61. The highest BCUT2D eigenvalue weighted by Crippen LogP contribution is 2.26. The quantitative estimate of drug-likeness (QED) is 0.0193. The van der Waals surface area contributed by atoms with Gasteiger partial charge in [-0.25, -0.2) is 4.18 Å². The lowest BCUT2D eigenvalue weighted by Gasteiger charge is -2.41. The third kappa shape index (κ3) is 42.5. The van der Waals surface area contributed by atoms with Crippen LogP contribution in [0.2, 0.25) is 0 Å². The average molecular weight is 1060 g/mol. The minimum atomic E-state index is -5.09. The molecule has 12 nitrogen and oxygen atoms in total. The Balaban J connectivity index is 2.19. The molecule has 7 unspecified atom stereocenters. The molecule has 0 aliphatic carbocycles. The standard InChI is InChI=1S/C60H117NO11S/c1-3-5-7-9-11-13-15-17-18-19-20-21-22-23-24-25-26-27-28-29-30-31-32-33-34-35-36-38-40-42-44-46-48-50-56(64)61-53(54(63)49-47-45-43-41-39-37-16-14-12-10-8-6-4-2)52-70-60-58(66)59(72-73(67,68)69)57(65)55(51-62)71-60/h47,49,53-55,57-60,62-63,65-66H,3-46,48,50-52H2,1-2H3,(H,61,64)(H,67,68,69)/b49-47+. The van der Waals surface area contributed by atoms with Gasteiger partial charge in [-0.3, -0.25) is 9.35 Å². The number of carbonyl (C=O) groups is 1. The summed E-state index contributed by atoms with van der Waals surface area (Å²) in [5, 5.41) is 44.9. The first-order valence-corrected chi connectivity index (χ1v) is 32.4. The van der Waals surface area contributed by atoms with Crippen molar-refractivity contribution in [1.29, 1.82) is 0 Å². The van der Waals surface area contributed by atoms with E-state index in [1.54, 1.807) is 6.08 Å². The SMILES string of the molecule is CCCCCCCCCCCCC/C=C/C(O)C(COC1OC(CO)C(O)C(OS(=O)(=O)O)C1O)NC(=O)CCCCCCCCCCCCCCCCCCCCCCCCCCCCCCCCCCC. The smallest absolute Gasteiger partial charge is 0.394 e. The molecule has 1 heterocycles. The molecule has 0 aromatic rings. The zero-order valence-electron chi connectivity index (χ0n) is 47.2. The minimum absolute atomic E-state index is 0.256. The molecular formula is C60H117NO11S. The van der Waals surface area contributed by atoms with E-state index in [0.29, 0.717) is 6.42 Å². The van der Waals surface area contributed by atoms with Crippen molar-refractivity contribution in [1.82, 2.24) is 5.32 Å². The number of ether oxygens (including phenoxy) is 2. The second-order valence-corrected chi connectivity index (χ2v) is 23.1. The van der Waals surface area contributed by atoms with Crippen molar-refractivity contribution in [3.8, 4) is 0 Å². The summed E-state index contributed by atoms with van der Waals surface area (Å²) in [7, 11) is -5.09. The lowest BCUT2D eigenvalue weighted by atomic mass is 9.99. The molecule has 0 bridgehead atoms. The van der Waals surface area contributed by atoms with Gasteiger partial charge in [0.25, 0.3) is 0 Å². The van der Waals surface area contributed by atoms with Crippen LogP contribution < -0.4 is 5.32 Å². The molecule has 0 aromatic heterocycles. The van der Waals surface area contributed by atoms with Gasteiger partial charge in [0.05, 0.1) is 25.4 Å². The van der Waals surface area contributed by atoms with Gasteiger partial charge < -0.3 is 35.2 Å². The van der Waals surface area contributed by atoms with E-state index in [1.807, 2.05) is 6.08 Å². The van der Waals surface area contributed by atoms with E-state index in [2.05, 4.69) is 23.3 Å². The molecule has 0 spiro atoms. The van der Waals surface area contributed by atoms with Gasteiger partial charge >= 0.3 is 10.4 Å². The predicted molar refractivity (Wildman–Crippen MR) is 301 cm³/mol. The molecule has 73 heavy (non-hydrogen) atoms. The van der Waals surface area contributed by atoms with Gasteiger partial charge in [-0.15, -0.1) is 0 Å². The highest BCUT2D eigenvalue weighted by molar-refractivity contribution is 7.80. The first-order valence-electron chi connectivity index (χ1n) is 31.1. The molecular weight excluding hydrogens is 943 g/mol. The molecule has 13 heteroatoms. The Kier molecular flexibility index (Phi) is 48.2. The van der Waals surface area contributed by atoms with Crippen LogP contribution in [0.4, 0.5) is 0 Å². The highest BCUT2D eigenvalue weighted by Gasteiger charge is 2.48. The number of allylic oxidation sites excluding steroid dienone is 1. The Morgan fingerprint density at radius 2 is 0.863 bits per heavy atom. The molecule has 1 aliphatic rings. The van der Waals surface area contributed by atoms with Crippen LogP contribution in [0.25, 0.3) is 0 Å². The molecule has 0 saturated carbocycles. The van der Waals surface area contributed by atoms with Crippen LogP contribution in [0.1, 0.15) is 309 Å². The van der Waals surface area contributed by atoms with Crippen LogP contribution in [0, 0.1) is 0 Å². The monoisotopic (exact) mass is 1060 g/mol. The Hall–Kier alpha value is -1.16. The van der Waals surface area contributed by atoms with Crippen molar-refractivity contribution in [3.05, 3.63) is 12.2 Å². The second-order valence-electron chi connectivity index (χ2n) is 22.0. The third-order valence-corrected chi connectivity index (χ3v) is 15.5. The Bertz CT molecular complexity index is 1340. The van der Waals surface area contributed by atoms with Crippen LogP contribution in [-0.2, 0) is 28.9 Å². The number of nitrogens with one attached hydrogen (secondary N) is 1. The van der Waals surface area contributed by atoms with Crippen LogP contribution >= 0.6 is 0 Å².